The predicted octanol–water partition coefficient (Wildman–Crippen LogP) is 5.86. The van der Waals surface area contributed by atoms with Crippen molar-refractivity contribution in [2.24, 2.45) is 0 Å². The van der Waals surface area contributed by atoms with Crippen molar-refractivity contribution < 1.29 is 4.74 Å². The molecule has 0 saturated heterocycles. The Hall–Kier alpha value is -3.21. The first kappa shape index (κ1) is 19.1. The zero-order valence-electron chi connectivity index (χ0n) is 15.6. The van der Waals surface area contributed by atoms with Gasteiger partial charge in [-0.25, -0.2) is 0 Å². The minimum atomic E-state index is 0.432. The van der Waals surface area contributed by atoms with Crippen molar-refractivity contribution >= 4 is 11.0 Å². The summed E-state index contributed by atoms with van der Waals surface area (Å²) in [5.41, 5.74) is 3.31. The van der Waals surface area contributed by atoms with Gasteiger partial charge in [-0.2, -0.15) is 5.10 Å². The highest BCUT2D eigenvalue weighted by Crippen LogP contribution is 2.26. The standard InChI is InChI=1S/C17H12N4O.2C2H6/c1-3-7-12(8-4-1)16-17-14(18-20-16)11-15(19-21-17)22-13-9-5-2-6-10-13;2*1-2/h1-11H,(H,18,20);2*1-2H3. The Balaban J connectivity index is 0.000000570. The third-order valence-electron chi connectivity index (χ3n) is 3.30. The molecule has 2 aromatic heterocycles. The average molecular weight is 348 g/mol. The highest BCUT2D eigenvalue weighted by atomic mass is 16.5. The predicted molar refractivity (Wildman–Crippen MR) is 106 cm³/mol. The number of ether oxygens (including phenoxy) is 1. The van der Waals surface area contributed by atoms with E-state index in [-0.39, 0.29) is 0 Å². The summed E-state index contributed by atoms with van der Waals surface area (Å²) in [5, 5.41) is 15.7. The minimum absolute atomic E-state index is 0.432. The zero-order valence-corrected chi connectivity index (χ0v) is 15.6. The molecule has 5 nitrogen and oxygen atoms in total. The van der Waals surface area contributed by atoms with Crippen LogP contribution in [0, 0.1) is 0 Å². The Morgan fingerprint density at radius 2 is 1.38 bits per heavy atom. The fourth-order valence-electron chi connectivity index (χ4n) is 2.26. The Labute approximate surface area is 154 Å². The largest absolute Gasteiger partial charge is 0.437 e. The van der Waals surface area contributed by atoms with E-state index in [0.29, 0.717) is 5.88 Å². The van der Waals surface area contributed by atoms with Gasteiger partial charge in [0, 0.05) is 11.6 Å². The third kappa shape index (κ3) is 4.45. The van der Waals surface area contributed by atoms with Crippen molar-refractivity contribution in [2.45, 2.75) is 27.7 Å². The smallest absolute Gasteiger partial charge is 0.241 e. The molecule has 134 valence electrons. The Bertz CT molecular complexity index is 905. The first-order valence-corrected chi connectivity index (χ1v) is 8.90. The van der Waals surface area contributed by atoms with Gasteiger partial charge in [-0.05, 0) is 12.1 Å². The van der Waals surface area contributed by atoms with Crippen LogP contribution < -0.4 is 4.74 Å². The monoisotopic (exact) mass is 348 g/mol. The molecule has 0 aliphatic heterocycles. The van der Waals surface area contributed by atoms with Crippen molar-refractivity contribution in [3.05, 3.63) is 66.7 Å². The van der Waals surface area contributed by atoms with Crippen molar-refractivity contribution in [1.82, 2.24) is 20.4 Å². The van der Waals surface area contributed by atoms with Gasteiger partial charge < -0.3 is 4.74 Å². The van der Waals surface area contributed by atoms with E-state index in [2.05, 4.69) is 20.4 Å². The van der Waals surface area contributed by atoms with Gasteiger partial charge in [0.15, 0.2) is 0 Å². The van der Waals surface area contributed by atoms with Gasteiger partial charge in [0.2, 0.25) is 5.88 Å². The molecule has 0 unspecified atom stereocenters. The maximum absolute atomic E-state index is 5.68. The highest BCUT2D eigenvalue weighted by molar-refractivity contribution is 5.89. The van der Waals surface area contributed by atoms with Crippen molar-refractivity contribution in [3.8, 4) is 22.9 Å². The third-order valence-corrected chi connectivity index (χ3v) is 3.30. The summed E-state index contributed by atoms with van der Waals surface area (Å²) < 4.78 is 5.68. The summed E-state index contributed by atoms with van der Waals surface area (Å²) in [6.45, 7) is 8.00. The second kappa shape index (κ2) is 9.93. The molecule has 2 aromatic carbocycles. The number of nitrogens with one attached hydrogen (secondary N) is 1. The number of hydrogen-bond acceptors (Lipinski definition) is 4. The normalized spacial score (nSPS) is 9.54. The first-order valence-electron chi connectivity index (χ1n) is 8.90. The van der Waals surface area contributed by atoms with Crippen LogP contribution in [0.5, 0.6) is 11.6 Å². The minimum Gasteiger partial charge on any atom is -0.437 e. The van der Waals surface area contributed by atoms with Crippen molar-refractivity contribution in [3.63, 3.8) is 0 Å². The van der Waals surface area contributed by atoms with Crippen LogP contribution in [0.15, 0.2) is 66.7 Å². The molecule has 0 fully saturated rings. The maximum atomic E-state index is 5.68. The van der Waals surface area contributed by atoms with E-state index in [1.807, 2.05) is 88.4 Å². The molecule has 1 N–H and O–H groups in total. The van der Waals surface area contributed by atoms with E-state index in [1.165, 1.54) is 0 Å². The van der Waals surface area contributed by atoms with Crippen LogP contribution >= 0.6 is 0 Å². The summed E-state index contributed by atoms with van der Waals surface area (Å²) in [6.07, 6.45) is 0. The number of fused-ring (bicyclic) bond motifs is 1. The number of nitrogens with zero attached hydrogens (tertiary/aromatic N) is 3. The van der Waals surface area contributed by atoms with Gasteiger partial charge in [-0.15, -0.1) is 10.2 Å². The lowest BCUT2D eigenvalue weighted by Gasteiger charge is -2.03. The summed E-state index contributed by atoms with van der Waals surface area (Å²) in [7, 11) is 0. The summed E-state index contributed by atoms with van der Waals surface area (Å²) >= 11 is 0. The lowest BCUT2D eigenvalue weighted by atomic mass is 10.1. The molecule has 4 aromatic rings. The topological polar surface area (TPSA) is 63.7 Å². The van der Waals surface area contributed by atoms with Crippen LogP contribution in [-0.2, 0) is 0 Å². The summed E-state index contributed by atoms with van der Waals surface area (Å²) in [4.78, 5) is 0. The highest BCUT2D eigenvalue weighted by Gasteiger charge is 2.11. The molecular weight excluding hydrogens is 324 g/mol. The van der Waals surface area contributed by atoms with Gasteiger partial charge in [0.1, 0.15) is 17.0 Å². The van der Waals surface area contributed by atoms with Gasteiger partial charge in [-0.1, -0.05) is 76.2 Å². The zero-order chi connectivity index (χ0) is 18.8. The molecule has 26 heavy (non-hydrogen) atoms. The number of H-pyrrole nitrogens is 1. The van der Waals surface area contributed by atoms with Crippen molar-refractivity contribution in [2.75, 3.05) is 0 Å². The molecule has 0 atom stereocenters. The van der Waals surface area contributed by atoms with E-state index in [4.69, 9.17) is 4.74 Å². The Kier molecular flexibility index (Phi) is 7.31. The fourth-order valence-corrected chi connectivity index (χ4v) is 2.26. The lowest BCUT2D eigenvalue weighted by molar-refractivity contribution is 0.457. The Morgan fingerprint density at radius 3 is 2.04 bits per heavy atom. The maximum Gasteiger partial charge on any atom is 0.241 e. The van der Waals surface area contributed by atoms with Gasteiger partial charge in [-0.3, -0.25) is 5.10 Å². The van der Waals surface area contributed by atoms with E-state index < -0.39 is 0 Å². The van der Waals surface area contributed by atoms with E-state index in [0.717, 1.165) is 28.0 Å². The van der Waals surface area contributed by atoms with Crippen LogP contribution in [0.3, 0.4) is 0 Å². The van der Waals surface area contributed by atoms with E-state index >= 15 is 0 Å². The number of hydrogen-bond donors (Lipinski definition) is 1. The Morgan fingerprint density at radius 1 is 0.769 bits per heavy atom. The van der Waals surface area contributed by atoms with Crippen LogP contribution in [0.2, 0.25) is 0 Å². The molecule has 4 rings (SSSR count). The van der Waals surface area contributed by atoms with Crippen LogP contribution in [0.1, 0.15) is 27.7 Å². The molecule has 0 aliphatic carbocycles. The molecule has 0 spiro atoms. The second-order valence-corrected chi connectivity index (χ2v) is 4.80. The molecular formula is C21H24N4O. The second-order valence-electron chi connectivity index (χ2n) is 4.80. The number of aromatic nitrogens is 4. The molecule has 0 saturated carbocycles. The van der Waals surface area contributed by atoms with Gasteiger partial charge >= 0.3 is 0 Å². The number of para-hydroxylation sites is 1. The quantitative estimate of drug-likeness (QED) is 0.503. The summed E-state index contributed by atoms with van der Waals surface area (Å²) in [5.74, 6) is 1.15. The molecule has 2 heterocycles. The van der Waals surface area contributed by atoms with Crippen LogP contribution in [0.4, 0.5) is 0 Å². The fraction of sp³-hybridized carbons (Fsp3) is 0.190. The first-order chi connectivity index (χ1) is 12.9. The van der Waals surface area contributed by atoms with Gasteiger partial charge in [0.25, 0.3) is 0 Å². The lowest BCUT2D eigenvalue weighted by Crippen LogP contribution is -1.91. The van der Waals surface area contributed by atoms with Crippen LogP contribution in [0.25, 0.3) is 22.3 Å². The average Bonchev–Trinajstić information content (AvgIpc) is 3.16. The molecule has 5 heteroatoms. The molecule has 0 bridgehead atoms. The SMILES string of the molecule is CC.CC.c1ccc(Oc2cc3[nH]nc(-c4ccccc4)c3nn2)cc1. The molecule has 0 amide bonds. The summed E-state index contributed by atoms with van der Waals surface area (Å²) in [6, 6.07) is 21.2. The number of benzene rings is 2. The van der Waals surface area contributed by atoms with E-state index in [1.54, 1.807) is 6.07 Å². The van der Waals surface area contributed by atoms with E-state index in [9.17, 15) is 0 Å². The molecule has 0 aliphatic rings. The molecule has 0 radical (unpaired) electrons. The van der Waals surface area contributed by atoms with Gasteiger partial charge in [0.05, 0.1) is 5.52 Å². The van der Waals surface area contributed by atoms with Crippen LogP contribution in [-0.4, -0.2) is 20.4 Å². The number of aromatic amines is 1. The number of rotatable bonds is 3. The van der Waals surface area contributed by atoms with Crippen molar-refractivity contribution in [1.29, 1.82) is 0 Å².